The minimum Gasteiger partial charge on any atom is -0.508 e. The van der Waals surface area contributed by atoms with E-state index < -0.39 is 5.82 Å². The molecule has 4 aromatic rings. The van der Waals surface area contributed by atoms with Gasteiger partial charge >= 0.3 is 6.01 Å². The summed E-state index contributed by atoms with van der Waals surface area (Å²) in [4.78, 5) is 18.8. The fourth-order valence-electron chi connectivity index (χ4n) is 8.03. The molecule has 4 fully saturated rings. The normalized spacial score (nSPS) is 26.1. The number of nitrogens with one attached hydrogen (secondary N) is 1. The Hall–Kier alpha value is -4.30. The molecule has 2 bridgehead atoms. The van der Waals surface area contributed by atoms with E-state index in [0.29, 0.717) is 51.8 Å². The molecular weight excluding hydrogens is 571 g/mol. The first-order chi connectivity index (χ1) is 21.8. The molecule has 0 saturated carbocycles. The molecule has 230 valence electrons. The van der Waals surface area contributed by atoms with Gasteiger partial charge in [0.25, 0.3) is 0 Å². The first-order valence-electron chi connectivity index (χ1n) is 15.5. The van der Waals surface area contributed by atoms with Crippen molar-refractivity contribution in [3.63, 3.8) is 0 Å². The predicted octanol–water partition coefficient (Wildman–Crippen LogP) is 4.41. The number of benzene rings is 2. The van der Waals surface area contributed by atoms with Crippen LogP contribution in [0.1, 0.15) is 31.2 Å². The maximum atomic E-state index is 16.8. The zero-order valence-corrected chi connectivity index (χ0v) is 25.2. The minimum atomic E-state index is -0.618. The van der Waals surface area contributed by atoms with Crippen LogP contribution in [-0.2, 0) is 4.74 Å². The van der Waals surface area contributed by atoms with Gasteiger partial charge < -0.3 is 24.8 Å². The monoisotopic (exact) mass is 606 g/mol. The van der Waals surface area contributed by atoms with Crippen LogP contribution in [0.2, 0.25) is 0 Å². The topological polar surface area (TPSA) is 95.9 Å². The molecule has 9 nitrogen and oxygen atoms in total. The van der Waals surface area contributed by atoms with Crippen molar-refractivity contribution in [1.82, 2.24) is 25.2 Å². The number of halogens is 1. The lowest BCUT2D eigenvalue weighted by atomic mass is 9.93. The third-order valence-electron chi connectivity index (χ3n) is 10.0. The average molecular weight is 607 g/mol. The SMILES string of the molecule is C#Cc1cccc2cc(O)cc(-c3ncc4c(N5C[C@H]6CC[C@@H](C5)N6)nc(OC[C@@]56CC(=C)CN5C[C@H](OC)C6)nc4c3F)c12. The van der Waals surface area contributed by atoms with Crippen LogP contribution < -0.4 is 15.0 Å². The first kappa shape index (κ1) is 28.2. The molecule has 4 aliphatic rings. The molecule has 2 N–H and O–H groups in total. The summed E-state index contributed by atoms with van der Waals surface area (Å²) in [7, 11) is 1.74. The standard InChI is InChI=1S/C35H35FN6O3/c1-4-21-6-5-7-22-10-25(43)11-27(29(21)22)31-30(36)32-28(14-37-31)33(41-16-23-8-9-24(17-41)38-23)40-34(39-32)45-19-35-12-20(2)15-42(35)18-26(13-35)44-3/h1,5-7,10-11,14,23-24,26,38,43H,2,8-9,12-13,15-19H2,3H3/t23-,24+,26-,35+/m1/s1. The van der Waals surface area contributed by atoms with Crippen molar-refractivity contribution in [2.75, 3.05) is 44.8 Å². The highest BCUT2D eigenvalue weighted by atomic mass is 19.1. The fraction of sp³-hybridized carbons (Fsp3) is 0.400. The Morgan fingerprint density at radius 2 is 2.02 bits per heavy atom. The highest BCUT2D eigenvalue weighted by Gasteiger charge is 2.50. The van der Waals surface area contributed by atoms with E-state index in [9.17, 15) is 5.11 Å². The zero-order chi connectivity index (χ0) is 30.9. The number of hydrogen-bond acceptors (Lipinski definition) is 9. The Bertz CT molecular complexity index is 1900. The summed E-state index contributed by atoms with van der Waals surface area (Å²) < 4.78 is 29.0. The number of terminal acetylenes is 1. The Morgan fingerprint density at radius 3 is 2.80 bits per heavy atom. The number of phenolic OH excluding ortho intramolecular Hbond substituents is 1. The van der Waals surface area contributed by atoms with Crippen molar-refractivity contribution in [3.05, 3.63) is 60.1 Å². The molecule has 4 aliphatic heterocycles. The second kappa shape index (κ2) is 10.7. The number of pyridine rings is 1. The van der Waals surface area contributed by atoms with Crippen LogP contribution in [0.5, 0.6) is 11.8 Å². The molecule has 2 aromatic carbocycles. The molecule has 6 heterocycles. The highest BCUT2D eigenvalue weighted by Crippen LogP contribution is 2.43. The zero-order valence-electron chi connectivity index (χ0n) is 25.2. The van der Waals surface area contributed by atoms with Crippen molar-refractivity contribution in [3.8, 4) is 35.4 Å². The molecule has 4 saturated heterocycles. The third kappa shape index (κ3) is 4.69. The molecule has 8 rings (SSSR count). The summed E-state index contributed by atoms with van der Waals surface area (Å²) in [6.07, 6.45) is 11.4. The van der Waals surface area contributed by atoms with E-state index in [1.165, 1.54) is 6.07 Å². The van der Waals surface area contributed by atoms with Crippen LogP contribution >= 0.6 is 0 Å². The molecule has 0 unspecified atom stereocenters. The van der Waals surface area contributed by atoms with E-state index in [-0.39, 0.29) is 34.6 Å². The lowest BCUT2D eigenvalue weighted by molar-refractivity contribution is 0.101. The van der Waals surface area contributed by atoms with Gasteiger partial charge in [-0.1, -0.05) is 30.2 Å². The van der Waals surface area contributed by atoms with Gasteiger partial charge in [-0.15, -0.1) is 6.42 Å². The number of methoxy groups -OCH3 is 1. The van der Waals surface area contributed by atoms with Gasteiger partial charge in [0, 0.05) is 68.1 Å². The van der Waals surface area contributed by atoms with Crippen molar-refractivity contribution in [2.24, 2.45) is 0 Å². The Labute approximate surface area is 261 Å². The van der Waals surface area contributed by atoms with Crippen molar-refractivity contribution in [2.45, 2.75) is 49.4 Å². The molecule has 0 amide bonds. The number of nitrogens with zero attached hydrogens (tertiary/aromatic N) is 5. The number of anilines is 1. The second-order valence-electron chi connectivity index (χ2n) is 13.0. The highest BCUT2D eigenvalue weighted by molar-refractivity contribution is 6.02. The summed E-state index contributed by atoms with van der Waals surface area (Å²) in [5, 5.41) is 16.1. The van der Waals surface area contributed by atoms with Crippen LogP contribution in [-0.4, -0.2) is 88.6 Å². The molecular formula is C35H35FN6O3. The van der Waals surface area contributed by atoms with Gasteiger partial charge in [-0.3, -0.25) is 9.88 Å². The van der Waals surface area contributed by atoms with Gasteiger partial charge in [0.1, 0.15) is 29.4 Å². The molecule has 2 aromatic heterocycles. The summed E-state index contributed by atoms with van der Waals surface area (Å²) in [6.45, 7) is 7.70. The van der Waals surface area contributed by atoms with E-state index in [0.717, 1.165) is 57.4 Å². The number of piperazine rings is 1. The first-order valence-corrected chi connectivity index (χ1v) is 15.5. The van der Waals surface area contributed by atoms with Crippen molar-refractivity contribution in [1.29, 1.82) is 0 Å². The van der Waals surface area contributed by atoms with E-state index in [1.54, 1.807) is 25.4 Å². The number of fused-ring (bicyclic) bond motifs is 5. The second-order valence-corrected chi connectivity index (χ2v) is 13.0. The summed E-state index contributed by atoms with van der Waals surface area (Å²) in [6, 6.07) is 9.37. The molecule has 0 radical (unpaired) electrons. The van der Waals surface area contributed by atoms with Crippen LogP contribution in [0.3, 0.4) is 0 Å². The lowest BCUT2D eigenvalue weighted by Gasteiger charge is -2.34. The number of rotatable bonds is 6. The van der Waals surface area contributed by atoms with Gasteiger partial charge in [-0.2, -0.15) is 9.97 Å². The van der Waals surface area contributed by atoms with Crippen molar-refractivity contribution < 1.29 is 19.0 Å². The van der Waals surface area contributed by atoms with E-state index in [1.807, 2.05) is 12.1 Å². The van der Waals surface area contributed by atoms with Crippen LogP contribution in [0.25, 0.3) is 32.9 Å². The summed E-state index contributed by atoms with van der Waals surface area (Å²) in [5.41, 5.74) is 2.05. The number of hydrogen-bond donors (Lipinski definition) is 2. The number of aromatic nitrogens is 3. The summed E-state index contributed by atoms with van der Waals surface area (Å²) >= 11 is 0. The Morgan fingerprint density at radius 1 is 1.20 bits per heavy atom. The van der Waals surface area contributed by atoms with Crippen LogP contribution in [0.15, 0.2) is 48.7 Å². The van der Waals surface area contributed by atoms with Crippen LogP contribution in [0, 0.1) is 18.2 Å². The van der Waals surface area contributed by atoms with Gasteiger partial charge in [-0.25, -0.2) is 4.39 Å². The van der Waals surface area contributed by atoms with E-state index in [2.05, 4.69) is 37.6 Å². The van der Waals surface area contributed by atoms with Gasteiger partial charge in [0.2, 0.25) is 0 Å². The smallest absolute Gasteiger partial charge is 0.319 e. The average Bonchev–Trinajstić information content (AvgIpc) is 3.66. The van der Waals surface area contributed by atoms with E-state index in [4.69, 9.17) is 20.9 Å². The maximum absolute atomic E-state index is 16.8. The van der Waals surface area contributed by atoms with Crippen LogP contribution in [0.4, 0.5) is 10.2 Å². The molecule has 0 aliphatic carbocycles. The van der Waals surface area contributed by atoms with Gasteiger partial charge in [0.15, 0.2) is 5.82 Å². The quantitative estimate of drug-likeness (QED) is 0.245. The molecule has 45 heavy (non-hydrogen) atoms. The molecule has 0 spiro atoms. The van der Waals surface area contributed by atoms with Gasteiger partial charge in [0.05, 0.1) is 17.0 Å². The number of ether oxygens (including phenoxy) is 2. The lowest BCUT2D eigenvalue weighted by Crippen LogP contribution is -2.51. The number of phenols is 1. The Balaban J connectivity index is 1.25. The maximum Gasteiger partial charge on any atom is 0.319 e. The Kier molecular flexibility index (Phi) is 6.68. The third-order valence-corrected chi connectivity index (χ3v) is 10.0. The minimum absolute atomic E-state index is 0.00968. The summed E-state index contributed by atoms with van der Waals surface area (Å²) in [5.74, 6) is 2.68. The fourth-order valence-corrected chi connectivity index (χ4v) is 8.03. The van der Waals surface area contributed by atoms with Crippen molar-refractivity contribution >= 4 is 27.5 Å². The molecule has 4 atom stereocenters. The van der Waals surface area contributed by atoms with E-state index >= 15 is 4.39 Å². The molecule has 10 heteroatoms. The predicted molar refractivity (Wildman–Crippen MR) is 171 cm³/mol. The largest absolute Gasteiger partial charge is 0.508 e. The van der Waals surface area contributed by atoms with Gasteiger partial charge in [-0.05, 0) is 49.3 Å². The number of aromatic hydroxyl groups is 1.